The van der Waals surface area contributed by atoms with Crippen molar-refractivity contribution in [3.05, 3.63) is 0 Å². The molecule has 3 amide bonds. The second-order valence-corrected chi connectivity index (χ2v) is 4.20. The van der Waals surface area contributed by atoms with Crippen molar-refractivity contribution >= 4 is 29.4 Å². The van der Waals surface area contributed by atoms with E-state index >= 15 is 0 Å². The fourth-order valence-corrected chi connectivity index (χ4v) is 1.80. The number of aliphatic carboxylic acids is 1. The number of hydrogen-bond donors (Lipinski definition) is 2. The Labute approximate surface area is 107 Å². The molecular weight excluding hydrogens is 258 g/mol. The Morgan fingerprint density at radius 3 is 2.74 bits per heavy atom. The first-order valence-electron chi connectivity index (χ1n) is 5.50. The van der Waals surface area contributed by atoms with Gasteiger partial charge in [0, 0.05) is 6.42 Å². The Kier molecular flexibility index (Phi) is 3.19. The number of amides is 3. The second-order valence-electron chi connectivity index (χ2n) is 4.20. The SMILES string of the molecule is CC1C(=O)NC(=O)CN1C(=O)C1CC(C(=O)O)=NO1. The smallest absolute Gasteiger partial charge is 0.353 e. The fraction of sp³-hybridized carbons (Fsp3) is 0.500. The van der Waals surface area contributed by atoms with E-state index in [0.29, 0.717) is 0 Å². The predicted molar refractivity (Wildman–Crippen MR) is 58.9 cm³/mol. The summed E-state index contributed by atoms with van der Waals surface area (Å²) in [5, 5.41) is 14.1. The van der Waals surface area contributed by atoms with E-state index in [2.05, 4.69) is 10.5 Å². The van der Waals surface area contributed by atoms with Gasteiger partial charge in [0.25, 0.3) is 5.91 Å². The normalized spacial score (nSPS) is 26.6. The lowest BCUT2D eigenvalue weighted by molar-refractivity contribution is -0.155. The highest BCUT2D eigenvalue weighted by Gasteiger charge is 2.40. The summed E-state index contributed by atoms with van der Waals surface area (Å²) in [5.41, 5.74) is -0.265. The van der Waals surface area contributed by atoms with Gasteiger partial charge in [0.05, 0.1) is 0 Å². The van der Waals surface area contributed by atoms with Crippen LogP contribution in [0.1, 0.15) is 13.3 Å². The van der Waals surface area contributed by atoms with E-state index in [1.807, 2.05) is 0 Å². The van der Waals surface area contributed by atoms with Gasteiger partial charge in [-0.05, 0) is 6.92 Å². The van der Waals surface area contributed by atoms with Crippen LogP contribution in [-0.4, -0.2) is 58.1 Å². The molecule has 1 fully saturated rings. The lowest BCUT2D eigenvalue weighted by Crippen LogP contribution is -2.60. The number of carbonyl (C=O) groups is 4. The van der Waals surface area contributed by atoms with Crippen molar-refractivity contribution in [3.63, 3.8) is 0 Å². The van der Waals surface area contributed by atoms with Gasteiger partial charge < -0.3 is 14.8 Å². The van der Waals surface area contributed by atoms with Crippen molar-refractivity contribution in [1.29, 1.82) is 0 Å². The summed E-state index contributed by atoms with van der Waals surface area (Å²) in [5.74, 6) is -3.07. The summed E-state index contributed by atoms with van der Waals surface area (Å²) >= 11 is 0. The molecule has 0 bridgehead atoms. The third kappa shape index (κ3) is 2.39. The van der Waals surface area contributed by atoms with E-state index in [1.165, 1.54) is 6.92 Å². The molecule has 0 radical (unpaired) electrons. The van der Waals surface area contributed by atoms with E-state index < -0.39 is 35.8 Å². The Bertz CT molecular complexity index is 499. The summed E-state index contributed by atoms with van der Waals surface area (Å²) in [6, 6.07) is -0.817. The number of carbonyl (C=O) groups excluding carboxylic acids is 3. The van der Waals surface area contributed by atoms with E-state index in [4.69, 9.17) is 9.94 Å². The first kappa shape index (κ1) is 13.0. The van der Waals surface area contributed by atoms with Gasteiger partial charge in [0.15, 0.2) is 5.71 Å². The maximum Gasteiger partial charge on any atom is 0.353 e. The molecule has 2 unspecified atom stereocenters. The predicted octanol–water partition coefficient (Wildman–Crippen LogP) is -1.91. The lowest BCUT2D eigenvalue weighted by Gasteiger charge is -2.32. The van der Waals surface area contributed by atoms with Gasteiger partial charge in [-0.1, -0.05) is 5.16 Å². The largest absolute Gasteiger partial charge is 0.477 e. The zero-order valence-electron chi connectivity index (χ0n) is 9.95. The molecule has 0 saturated carbocycles. The molecule has 0 aromatic heterocycles. The van der Waals surface area contributed by atoms with Crippen molar-refractivity contribution in [2.75, 3.05) is 6.54 Å². The topological polar surface area (TPSA) is 125 Å². The fourth-order valence-electron chi connectivity index (χ4n) is 1.80. The monoisotopic (exact) mass is 269 g/mol. The summed E-state index contributed by atoms with van der Waals surface area (Å²) < 4.78 is 0. The van der Waals surface area contributed by atoms with Gasteiger partial charge >= 0.3 is 5.97 Å². The van der Waals surface area contributed by atoms with Crippen molar-refractivity contribution in [3.8, 4) is 0 Å². The third-order valence-corrected chi connectivity index (χ3v) is 2.90. The van der Waals surface area contributed by atoms with Gasteiger partial charge in [0.1, 0.15) is 12.6 Å². The average Bonchev–Trinajstić information content (AvgIpc) is 2.82. The molecule has 2 N–H and O–H groups in total. The molecule has 0 aromatic carbocycles. The number of nitrogens with zero attached hydrogens (tertiary/aromatic N) is 2. The molecule has 2 aliphatic heterocycles. The van der Waals surface area contributed by atoms with Crippen molar-refractivity contribution in [2.24, 2.45) is 5.16 Å². The second kappa shape index (κ2) is 4.67. The summed E-state index contributed by atoms with van der Waals surface area (Å²) in [6.45, 7) is 1.20. The highest BCUT2D eigenvalue weighted by atomic mass is 16.6. The lowest BCUT2D eigenvalue weighted by atomic mass is 10.1. The maximum absolute atomic E-state index is 12.1. The third-order valence-electron chi connectivity index (χ3n) is 2.90. The molecule has 0 aromatic rings. The molecule has 9 nitrogen and oxygen atoms in total. The minimum absolute atomic E-state index is 0.187. The average molecular weight is 269 g/mol. The molecule has 102 valence electrons. The molecular formula is C10H11N3O6. The Morgan fingerprint density at radius 1 is 1.47 bits per heavy atom. The Morgan fingerprint density at radius 2 is 2.16 bits per heavy atom. The maximum atomic E-state index is 12.1. The van der Waals surface area contributed by atoms with Crippen LogP contribution in [0.3, 0.4) is 0 Å². The molecule has 9 heteroatoms. The van der Waals surface area contributed by atoms with Crippen LogP contribution in [-0.2, 0) is 24.0 Å². The molecule has 1 saturated heterocycles. The van der Waals surface area contributed by atoms with Crippen LogP contribution in [0, 0.1) is 0 Å². The van der Waals surface area contributed by atoms with Crippen molar-refractivity contribution in [1.82, 2.24) is 10.2 Å². The van der Waals surface area contributed by atoms with Crippen LogP contribution in [0.15, 0.2) is 5.16 Å². The van der Waals surface area contributed by atoms with Gasteiger partial charge in [-0.2, -0.15) is 0 Å². The van der Waals surface area contributed by atoms with E-state index in [1.54, 1.807) is 0 Å². The van der Waals surface area contributed by atoms with Gasteiger partial charge in [0.2, 0.25) is 17.9 Å². The van der Waals surface area contributed by atoms with E-state index in [-0.39, 0.29) is 18.7 Å². The highest BCUT2D eigenvalue weighted by Crippen LogP contribution is 2.16. The molecule has 2 heterocycles. The number of oxime groups is 1. The van der Waals surface area contributed by atoms with Crippen LogP contribution in [0.2, 0.25) is 0 Å². The minimum atomic E-state index is -1.27. The van der Waals surface area contributed by atoms with Gasteiger partial charge in [-0.3, -0.25) is 19.7 Å². The number of piperazine rings is 1. The van der Waals surface area contributed by atoms with Crippen LogP contribution < -0.4 is 5.32 Å². The van der Waals surface area contributed by atoms with E-state index in [0.717, 1.165) is 4.90 Å². The van der Waals surface area contributed by atoms with Crippen LogP contribution in [0.25, 0.3) is 0 Å². The summed E-state index contributed by atoms with van der Waals surface area (Å²) in [6.07, 6.45) is -1.29. The van der Waals surface area contributed by atoms with E-state index in [9.17, 15) is 19.2 Å². The van der Waals surface area contributed by atoms with Crippen LogP contribution >= 0.6 is 0 Å². The van der Waals surface area contributed by atoms with Gasteiger partial charge in [-0.15, -0.1) is 0 Å². The molecule has 19 heavy (non-hydrogen) atoms. The minimum Gasteiger partial charge on any atom is -0.477 e. The quantitative estimate of drug-likeness (QED) is 0.563. The standard InChI is InChI=1S/C10H11N3O6/c1-4-8(15)11-7(14)3-13(4)9(16)6-2-5(10(17)18)12-19-6/h4,6H,2-3H2,1H3,(H,17,18)(H,11,14,15). The first-order valence-corrected chi connectivity index (χ1v) is 5.50. The number of nitrogens with one attached hydrogen (secondary N) is 1. The highest BCUT2D eigenvalue weighted by molar-refractivity contribution is 6.36. The molecule has 2 rings (SSSR count). The number of carboxylic acid groups (broad SMARTS) is 1. The zero-order valence-corrected chi connectivity index (χ0v) is 9.95. The van der Waals surface area contributed by atoms with Crippen molar-refractivity contribution in [2.45, 2.75) is 25.5 Å². The Balaban J connectivity index is 2.06. The van der Waals surface area contributed by atoms with Crippen molar-refractivity contribution < 1.29 is 29.1 Å². The number of imide groups is 1. The van der Waals surface area contributed by atoms with Crippen LogP contribution in [0.5, 0.6) is 0 Å². The first-order chi connectivity index (χ1) is 8.90. The molecule has 2 aliphatic rings. The number of rotatable bonds is 2. The number of carboxylic acids is 1. The molecule has 0 aliphatic carbocycles. The zero-order chi connectivity index (χ0) is 14.2. The Hall–Kier alpha value is -2.45. The van der Waals surface area contributed by atoms with Crippen LogP contribution in [0.4, 0.5) is 0 Å². The number of hydrogen-bond acceptors (Lipinski definition) is 6. The summed E-state index contributed by atoms with van der Waals surface area (Å²) in [7, 11) is 0. The molecule has 2 atom stereocenters. The molecule has 0 spiro atoms. The summed E-state index contributed by atoms with van der Waals surface area (Å²) in [4.78, 5) is 51.2. The van der Waals surface area contributed by atoms with Gasteiger partial charge in [-0.25, -0.2) is 4.79 Å².